The van der Waals surface area contributed by atoms with Gasteiger partial charge in [0.15, 0.2) is 4.67 Å². The van der Waals surface area contributed by atoms with E-state index in [2.05, 4.69) is 20.8 Å². The van der Waals surface area contributed by atoms with Crippen LogP contribution < -0.4 is 0 Å². The van der Waals surface area contributed by atoms with Gasteiger partial charge in [-0.25, -0.2) is 0 Å². The molecule has 0 amide bonds. The molecule has 3 nitrogen and oxygen atoms in total. The Kier molecular flexibility index (Phi) is 4.44. The van der Waals surface area contributed by atoms with Gasteiger partial charge in [-0.1, -0.05) is 0 Å². The van der Waals surface area contributed by atoms with E-state index in [9.17, 15) is 0 Å². The molecule has 0 spiro atoms. The van der Waals surface area contributed by atoms with Crippen LogP contribution in [0, 0.1) is 0 Å². The van der Waals surface area contributed by atoms with Crippen LogP contribution in [0.2, 0.25) is 0 Å². The fourth-order valence-electron chi connectivity index (χ4n) is 2.39. The number of rotatable bonds is 5. The molecule has 0 saturated carbocycles. The molecule has 1 atom stereocenters. The Balaban J connectivity index is 1.88. The van der Waals surface area contributed by atoms with Crippen LogP contribution in [0.3, 0.4) is 0 Å². The molecule has 16 heavy (non-hydrogen) atoms. The molecule has 0 bridgehead atoms. The number of hydrogen-bond donors (Lipinski definition) is 1. The highest BCUT2D eigenvalue weighted by atomic mass is 79.9. The first-order valence-electron chi connectivity index (χ1n) is 5.88. The summed E-state index contributed by atoms with van der Waals surface area (Å²) in [6.07, 6.45) is 4.52. The van der Waals surface area contributed by atoms with Gasteiger partial charge in [0, 0.05) is 12.6 Å². The molecule has 1 aliphatic heterocycles. The number of halogens is 1. The molecule has 1 aliphatic rings. The van der Waals surface area contributed by atoms with Crippen molar-refractivity contribution in [2.45, 2.75) is 38.3 Å². The Morgan fingerprint density at radius 2 is 2.38 bits per heavy atom. The third-order valence-corrected chi connectivity index (χ3v) is 3.61. The van der Waals surface area contributed by atoms with E-state index in [1.165, 1.54) is 12.8 Å². The molecule has 2 heterocycles. The third-order valence-electron chi connectivity index (χ3n) is 3.18. The standard InChI is InChI=1S/C12H18BrNO2/c13-12-6-5-11(16-12)9-14-7-1-3-10(14)4-2-8-15/h5-6,10,15H,1-4,7-9H2. The first kappa shape index (κ1) is 12.1. The molecule has 4 heteroatoms. The Hall–Kier alpha value is -0.320. The Labute approximate surface area is 105 Å². The van der Waals surface area contributed by atoms with Crippen molar-refractivity contribution >= 4 is 15.9 Å². The zero-order valence-electron chi connectivity index (χ0n) is 9.36. The predicted molar refractivity (Wildman–Crippen MR) is 66.2 cm³/mol. The van der Waals surface area contributed by atoms with Crippen molar-refractivity contribution in [2.24, 2.45) is 0 Å². The van der Waals surface area contributed by atoms with Crippen molar-refractivity contribution in [1.29, 1.82) is 0 Å². The SMILES string of the molecule is OCCCC1CCCN1Cc1ccc(Br)o1. The summed E-state index contributed by atoms with van der Waals surface area (Å²) in [5.41, 5.74) is 0. The minimum atomic E-state index is 0.302. The summed E-state index contributed by atoms with van der Waals surface area (Å²) in [6, 6.07) is 4.58. The lowest BCUT2D eigenvalue weighted by atomic mass is 10.1. The van der Waals surface area contributed by atoms with E-state index in [1.807, 2.05) is 12.1 Å². The van der Waals surface area contributed by atoms with Gasteiger partial charge in [-0.15, -0.1) is 0 Å². The summed E-state index contributed by atoms with van der Waals surface area (Å²) in [6.45, 7) is 2.34. The number of hydrogen-bond acceptors (Lipinski definition) is 3. The molecule has 1 unspecified atom stereocenters. The molecule has 1 N–H and O–H groups in total. The molecule has 0 aromatic carbocycles. The quantitative estimate of drug-likeness (QED) is 0.905. The first-order valence-corrected chi connectivity index (χ1v) is 6.68. The van der Waals surface area contributed by atoms with Gasteiger partial charge in [0.2, 0.25) is 0 Å². The smallest absolute Gasteiger partial charge is 0.169 e. The van der Waals surface area contributed by atoms with Crippen LogP contribution in [0.15, 0.2) is 21.2 Å². The van der Waals surface area contributed by atoms with Crippen LogP contribution >= 0.6 is 15.9 Å². The lowest BCUT2D eigenvalue weighted by Gasteiger charge is -2.23. The van der Waals surface area contributed by atoms with Crippen LogP contribution in [-0.2, 0) is 6.54 Å². The van der Waals surface area contributed by atoms with Gasteiger partial charge in [-0.2, -0.15) is 0 Å². The summed E-state index contributed by atoms with van der Waals surface area (Å²) in [7, 11) is 0. The van der Waals surface area contributed by atoms with Gasteiger partial charge in [-0.05, 0) is 60.3 Å². The molecule has 1 fully saturated rings. The van der Waals surface area contributed by atoms with E-state index in [1.54, 1.807) is 0 Å². The molecule has 0 aliphatic carbocycles. The van der Waals surface area contributed by atoms with Crippen LogP contribution in [0.25, 0.3) is 0 Å². The van der Waals surface area contributed by atoms with Crippen molar-refractivity contribution in [3.63, 3.8) is 0 Å². The normalized spacial score (nSPS) is 21.8. The molecular formula is C12H18BrNO2. The maximum atomic E-state index is 8.86. The van der Waals surface area contributed by atoms with Gasteiger partial charge in [-0.3, -0.25) is 4.90 Å². The molecule has 2 rings (SSSR count). The van der Waals surface area contributed by atoms with E-state index in [0.717, 1.165) is 36.4 Å². The van der Waals surface area contributed by atoms with Crippen LogP contribution in [-0.4, -0.2) is 29.2 Å². The van der Waals surface area contributed by atoms with Gasteiger partial charge >= 0.3 is 0 Å². The maximum Gasteiger partial charge on any atom is 0.169 e. The number of aliphatic hydroxyl groups is 1. The van der Waals surface area contributed by atoms with Crippen LogP contribution in [0.4, 0.5) is 0 Å². The van der Waals surface area contributed by atoms with Crippen molar-refractivity contribution in [1.82, 2.24) is 4.90 Å². The number of furan rings is 1. The summed E-state index contributed by atoms with van der Waals surface area (Å²) in [4.78, 5) is 2.46. The Morgan fingerprint density at radius 1 is 1.50 bits per heavy atom. The minimum Gasteiger partial charge on any atom is -0.453 e. The average molecular weight is 288 g/mol. The number of nitrogens with zero attached hydrogens (tertiary/aromatic N) is 1. The zero-order valence-corrected chi connectivity index (χ0v) is 10.9. The Morgan fingerprint density at radius 3 is 3.06 bits per heavy atom. The van der Waals surface area contributed by atoms with E-state index in [4.69, 9.17) is 9.52 Å². The van der Waals surface area contributed by atoms with Crippen LogP contribution in [0.5, 0.6) is 0 Å². The highest BCUT2D eigenvalue weighted by Crippen LogP contribution is 2.24. The molecule has 1 aromatic heterocycles. The number of likely N-dealkylation sites (tertiary alicyclic amines) is 1. The van der Waals surface area contributed by atoms with Crippen molar-refractivity contribution in [3.05, 3.63) is 22.6 Å². The van der Waals surface area contributed by atoms with Crippen molar-refractivity contribution < 1.29 is 9.52 Å². The lowest BCUT2D eigenvalue weighted by Crippen LogP contribution is -2.28. The van der Waals surface area contributed by atoms with Gasteiger partial charge < -0.3 is 9.52 Å². The second kappa shape index (κ2) is 5.84. The zero-order chi connectivity index (χ0) is 11.4. The number of aliphatic hydroxyl groups excluding tert-OH is 1. The minimum absolute atomic E-state index is 0.302. The van der Waals surface area contributed by atoms with Gasteiger partial charge in [0.05, 0.1) is 6.54 Å². The van der Waals surface area contributed by atoms with Crippen molar-refractivity contribution in [2.75, 3.05) is 13.2 Å². The molecule has 0 radical (unpaired) electrons. The maximum absolute atomic E-state index is 8.86. The topological polar surface area (TPSA) is 36.6 Å². The average Bonchev–Trinajstić information content (AvgIpc) is 2.86. The lowest BCUT2D eigenvalue weighted by molar-refractivity contribution is 0.197. The first-order chi connectivity index (χ1) is 7.79. The Bertz CT molecular complexity index is 327. The fraction of sp³-hybridized carbons (Fsp3) is 0.667. The summed E-state index contributed by atoms with van der Waals surface area (Å²) in [5, 5.41) is 8.86. The van der Waals surface area contributed by atoms with Crippen molar-refractivity contribution in [3.8, 4) is 0 Å². The molecule has 1 saturated heterocycles. The second-order valence-electron chi connectivity index (χ2n) is 4.34. The molecule has 90 valence electrons. The largest absolute Gasteiger partial charge is 0.453 e. The fourth-order valence-corrected chi connectivity index (χ4v) is 2.73. The third kappa shape index (κ3) is 3.09. The predicted octanol–water partition coefficient (Wildman–Crippen LogP) is 2.78. The monoisotopic (exact) mass is 287 g/mol. The van der Waals surface area contributed by atoms with E-state index < -0.39 is 0 Å². The van der Waals surface area contributed by atoms with E-state index >= 15 is 0 Å². The summed E-state index contributed by atoms with van der Waals surface area (Å²) < 4.78 is 6.32. The summed E-state index contributed by atoms with van der Waals surface area (Å²) in [5.74, 6) is 1.02. The highest BCUT2D eigenvalue weighted by Gasteiger charge is 2.24. The van der Waals surface area contributed by atoms with E-state index in [-0.39, 0.29) is 0 Å². The van der Waals surface area contributed by atoms with Gasteiger partial charge in [0.1, 0.15) is 5.76 Å². The summed E-state index contributed by atoms with van der Waals surface area (Å²) >= 11 is 3.32. The second-order valence-corrected chi connectivity index (χ2v) is 5.12. The van der Waals surface area contributed by atoms with Gasteiger partial charge in [0.25, 0.3) is 0 Å². The highest BCUT2D eigenvalue weighted by molar-refractivity contribution is 9.10. The molecule has 1 aromatic rings. The van der Waals surface area contributed by atoms with E-state index in [0.29, 0.717) is 12.6 Å². The van der Waals surface area contributed by atoms with Crippen LogP contribution in [0.1, 0.15) is 31.4 Å². The molecular weight excluding hydrogens is 270 g/mol.